The van der Waals surface area contributed by atoms with Gasteiger partial charge in [0.05, 0.1) is 28.9 Å². The fraction of sp³-hybridized carbons (Fsp3) is 0.368. The van der Waals surface area contributed by atoms with Crippen molar-refractivity contribution in [3.05, 3.63) is 105 Å². The number of nitrogens with one attached hydrogen (secondary N) is 2. The lowest BCUT2D eigenvalue weighted by atomic mass is 10.0. The Kier molecular flexibility index (Phi) is 10.1. The Morgan fingerprint density at radius 2 is 1.70 bits per heavy atom. The highest BCUT2D eigenvalue weighted by Gasteiger charge is 2.37. The average molecular weight is 681 g/mol. The summed E-state index contributed by atoms with van der Waals surface area (Å²) in [5, 5.41) is 11.7. The zero-order valence-electron chi connectivity index (χ0n) is 28.4. The van der Waals surface area contributed by atoms with Gasteiger partial charge in [-0.15, -0.1) is 0 Å². The van der Waals surface area contributed by atoms with Crippen LogP contribution in [-0.4, -0.2) is 81.5 Å². The topological polar surface area (TPSA) is 134 Å². The molecule has 0 spiro atoms. The van der Waals surface area contributed by atoms with Crippen LogP contribution in [0.3, 0.4) is 0 Å². The van der Waals surface area contributed by atoms with Crippen molar-refractivity contribution in [3.63, 3.8) is 0 Å². The van der Waals surface area contributed by atoms with E-state index >= 15 is 0 Å². The molecule has 1 saturated heterocycles. The smallest absolute Gasteiger partial charge is 0.279 e. The van der Waals surface area contributed by atoms with E-state index in [1.807, 2.05) is 32.9 Å². The number of carbonyl (C=O) groups excluding carboxylic acids is 4. The number of hydrogen-bond acceptors (Lipinski definition) is 6. The first kappa shape index (κ1) is 34.5. The molecule has 2 bridgehead atoms. The summed E-state index contributed by atoms with van der Waals surface area (Å²) in [6.45, 7) is 6.04. The first-order valence-electron chi connectivity index (χ1n) is 17.1. The maximum Gasteiger partial charge on any atom is 0.279 e. The number of hydrogen-bond donors (Lipinski definition) is 2. The molecule has 50 heavy (non-hydrogen) atoms. The van der Waals surface area contributed by atoms with Gasteiger partial charge in [0.15, 0.2) is 0 Å². The third-order valence-corrected chi connectivity index (χ3v) is 9.56. The lowest BCUT2D eigenvalue weighted by Gasteiger charge is -2.32. The van der Waals surface area contributed by atoms with Gasteiger partial charge in [0, 0.05) is 36.6 Å². The van der Waals surface area contributed by atoms with Crippen LogP contribution in [0.4, 0.5) is 4.39 Å². The molecule has 0 radical (unpaired) electrons. The van der Waals surface area contributed by atoms with E-state index in [1.54, 1.807) is 42.5 Å². The Hall–Kier alpha value is -5.39. The van der Waals surface area contributed by atoms with Crippen molar-refractivity contribution in [1.82, 2.24) is 30.2 Å². The van der Waals surface area contributed by atoms with Gasteiger partial charge in [0.2, 0.25) is 11.8 Å². The molecule has 6 rings (SSSR count). The van der Waals surface area contributed by atoms with E-state index < -0.39 is 29.7 Å². The summed E-state index contributed by atoms with van der Waals surface area (Å²) in [6.07, 6.45) is 2.04. The van der Waals surface area contributed by atoms with Crippen molar-refractivity contribution in [3.8, 4) is 5.69 Å². The number of carbonyl (C=O) groups is 4. The monoisotopic (exact) mass is 680 g/mol. The maximum atomic E-state index is 14.9. The Labute approximate surface area is 289 Å². The first-order valence-corrected chi connectivity index (χ1v) is 17.1. The molecule has 3 heterocycles. The first-order chi connectivity index (χ1) is 24.0. The van der Waals surface area contributed by atoms with Crippen LogP contribution < -0.4 is 16.2 Å². The standard InChI is InChI=1S/C38H41FN6O5/c1-23(2)32-21-43(36(48)26-13-15-27(16-14-26)45-38(50)29-10-5-4-9-28(29)24(3)42-45)22-34(46)40-18-6-8-25-12-17-31(39)30(20-25)37(49)44-19-7-11-33(44)35(47)41-32/h4-5,9-10,12-17,20,23,32-33H,6-8,11,18-19,21-22H2,1-3H3,(H,40,46)(H,41,47)/t32-,33-/m0/s1. The van der Waals surface area contributed by atoms with Crippen molar-refractivity contribution in [2.24, 2.45) is 5.92 Å². The molecular formula is C38H41FN6O5. The van der Waals surface area contributed by atoms with Crippen LogP contribution in [0.25, 0.3) is 16.5 Å². The van der Waals surface area contributed by atoms with Gasteiger partial charge < -0.3 is 20.4 Å². The van der Waals surface area contributed by atoms with E-state index in [1.165, 1.54) is 26.6 Å². The summed E-state index contributed by atoms with van der Waals surface area (Å²) in [7, 11) is 0. The van der Waals surface area contributed by atoms with E-state index in [-0.39, 0.29) is 41.9 Å². The predicted molar refractivity (Wildman–Crippen MR) is 187 cm³/mol. The van der Waals surface area contributed by atoms with Gasteiger partial charge >= 0.3 is 0 Å². The Balaban J connectivity index is 1.28. The van der Waals surface area contributed by atoms with Gasteiger partial charge in [-0.2, -0.15) is 9.78 Å². The minimum atomic E-state index is -0.793. The fourth-order valence-corrected chi connectivity index (χ4v) is 6.69. The van der Waals surface area contributed by atoms with Crippen LogP contribution in [-0.2, 0) is 16.0 Å². The van der Waals surface area contributed by atoms with Gasteiger partial charge in [-0.05, 0) is 86.6 Å². The van der Waals surface area contributed by atoms with Gasteiger partial charge in [0.1, 0.15) is 11.9 Å². The van der Waals surface area contributed by atoms with Crippen molar-refractivity contribution < 1.29 is 23.6 Å². The minimum Gasteiger partial charge on any atom is -0.355 e. The number of aryl methyl sites for hydroxylation is 2. The molecule has 12 heteroatoms. The Morgan fingerprint density at radius 3 is 2.44 bits per heavy atom. The van der Waals surface area contributed by atoms with Crippen molar-refractivity contribution >= 4 is 34.4 Å². The van der Waals surface area contributed by atoms with Crippen LogP contribution in [0.2, 0.25) is 0 Å². The van der Waals surface area contributed by atoms with Crippen LogP contribution in [0, 0.1) is 18.7 Å². The second kappa shape index (κ2) is 14.6. The lowest BCUT2D eigenvalue weighted by Crippen LogP contribution is -2.54. The second-order valence-corrected chi connectivity index (χ2v) is 13.4. The number of rotatable bonds is 3. The summed E-state index contributed by atoms with van der Waals surface area (Å²) in [5.74, 6) is -2.50. The van der Waals surface area contributed by atoms with E-state index in [2.05, 4.69) is 15.7 Å². The number of halogens is 1. The molecule has 0 saturated carbocycles. The number of amides is 4. The zero-order chi connectivity index (χ0) is 35.5. The molecule has 11 nitrogen and oxygen atoms in total. The molecule has 2 N–H and O–H groups in total. The van der Waals surface area contributed by atoms with E-state index in [0.717, 1.165) is 10.9 Å². The third-order valence-electron chi connectivity index (χ3n) is 9.56. The number of nitrogens with zero attached hydrogens (tertiary/aromatic N) is 4. The maximum absolute atomic E-state index is 14.9. The van der Waals surface area contributed by atoms with Crippen LogP contribution in [0.15, 0.2) is 71.5 Å². The molecule has 1 fully saturated rings. The van der Waals surface area contributed by atoms with Crippen molar-refractivity contribution in [2.75, 3.05) is 26.2 Å². The quantitative estimate of drug-likeness (QED) is 0.339. The summed E-state index contributed by atoms with van der Waals surface area (Å²) < 4.78 is 16.2. The zero-order valence-corrected chi connectivity index (χ0v) is 28.4. The van der Waals surface area contributed by atoms with Gasteiger partial charge in [-0.3, -0.25) is 24.0 Å². The molecular weight excluding hydrogens is 639 g/mol. The van der Waals surface area contributed by atoms with E-state index in [0.29, 0.717) is 61.1 Å². The molecule has 2 aliphatic heterocycles. The molecule has 1 aromatic heterocycles. The second-order valence-electron chi connectivity index (χ2n) is 13.4. The van der Waals surface area contributed by atoms with Crippen molar-refractivity contribution in [2.45, 2.75) is 58.5 Å². The summed E-state index contributed by atoms with van der Waals surface area (Å²) in [6, 6.07) is 16.8. The van der Waals surface area contributed by atoms with Crippen LogP contribution in [0.1, 0.15) is 65.1 Å². The average Bonchev–Trinajstić information content (AvgIpc) is 3.61. The van der Waals surface area contributed by atoms with Gasteiger partial charge in [0.25, 0.3) is 17.4 Å². The van der Waals surface area contributed by atoms with Gasteiger partial charge in [-0.1, -0.05) is 38.1 Å². The third kappa shape index (κ3) is 7.15. The molecule has 4 aromatic rings. The molecule has 2 atom stereocenters. The normalized spacial score (nSPS) is 19.3. The molecule has 260 valence electrons. The lowest BCUT2D eigenvalue weighted by molar-refractivity contribution is -0.126. The van der Waals surface area contributed by atoms with Crippen LogP contribution >= 0.6 is 0 Å². The SMILES string of the molecule is Cc1nn(-c2ccc(C(=O)N3CC(=O)NCCCc4ccc(F)c(c4)C(=O)N4CCC[C@H]4C(=O)N[C@H](C(C)C)C3)cc2)c(=O)c2ccccc12. The Bertz CT molecular complexity index is 2010. The van der Waals surface area contributed by atoms with Crippen LogP contribution in [0.5, 0.6) is 0 Å². The Morgan fingerprint density at radius 1 is 0.960 bits per heavy atom. The highest BCUT2D eigenvalue weighted by molar-refractivity contribution is 5.99. The minimum absolute atomic E-state index is 0.0262. The number of fused-ring (bicyclic) bond motifs is 4. The van der Waals surface area contributed by atoms with Crippen molar-refractivity contribution in [1.29, 1.82) is 0 Å². The molecule has 0 aliphatic carbocycles. The predicted octanol–water partition coefficient (Wildman–Crippen LogP) is 3.78. The van der Waals surface area contributed by atoms with Gasteiger partial charge in [-0.25, -0.2) is 4.39 Å². The number of aromatic nitrogens is 2. The van der Waals surface area contributed by atoms with E-state index in [9.17, 15) is 28.4 Å². The largest absolute Gasteiger partial charge is 0.355 e. The molecule has 4 amide bonds. The summed E-state index contributed by atoms with van der Waals surface area (Å²) in [4.78, 5) is 70.6. The van der Waals surface area contributed by atoms with E-state index in [4.69, 9.17) is 0 Å². The summed E-state index contributed by atoms with van der Waals surface area (Å²) in [5.41, 5.74) is 1.84. The fourth-order valence-electron chi connectivity index (χ4n) is 6.69. The molecule has 2 aliphatic rings. The number of benzene rings is 3. The molecule has 0 unspecified atom stereocenters. The molecule has 3 aromatic carbocycles. The highest BCUT2D eigenvalue weighted by atomic mass is 19.1. The summed E-state index contributed by atoms with van der Waals surface area (Å²) >= 11 is 0. The highest BCUT2D eigenvalue weighted by Crippen LogP contribution is 2.24.